The Labute approximate surface area is 78.7 Å². The van der Waals surface area contributed by atoms with E-state index in [4.69, 9.17) is 10.5 Å². The van der Waals surface area contributed by atoms with Crippen LogP contribution in [0.15, 0.2) is 18.2 Å². The van der Waals surface area contributed by atoms with E-state index in [2.05, 4.69) is 32.0 Å². The molecule has 0 saturated heterocycles. The Balaban J connectivity index is 2.50. The lowest BCUT2D eigenvalue weighted by Crippen LogP contribution is -2.25. The van der Waals surface area contributed by atoms with Gasteiger partial charge in [0.15, 0.2) is 0 Å². The van der Waals surface area contributed by atoms with Crippen LogP contribution < -0.4 is 5.73 Å². The SMILES string of the molecule is Cc1ccc2c(c1)[C@@H](C)OCC2N. The molecule has 0 aromatic heterocycles. The first-order chi connectivity index (χ1) is 6.18. The van der Waals surface area contributed by atoms with Crippen molar-refractivity contribution >= 4 is 0 Å². The number of aryl methyl sites for hydroxylation is 1. The van der Waals surface area contributed by atoms with Gasteiger partial charge in [-0.25, -0.2) is 0 Å². The van der Waals surface area contributed by atoms with Crippen LogP contribution in [0.5, 0.6) is 0 Å². The Morgan fingerprint density at radius 1 is 1.38 bits per heavy atom. The zero-order chi connectivity index (χ0) is 9.42. The zero-order valence-corrected chi connectivity index (χ0v) is 8.08. The maximum absolute atomic E-state index is 5.93. The summed E-state index contributed by atoms with van der Waals surface area (Å²) in [5.41, 5.74) is 9.69. The average Bonchev–Trinajstić information content (AvgIpc) is 2.12. The van der Waals surface area contributed by atoms with E-state index >= 15 is 0 Å². The van der Waals surface area contributed by atoms with Gasteiger partial charge in [0.2, 0.25) is 0 Å². The van der Waals surface area contributed by atoms with Crippen molar-refractivity contribution in [1.29, 1.82) is 0 Å². The highest BCUT2D eigenvalue weighted by Crippen LogP contribution is 2.31. The van der Waals surface area contributed by atoms with Crippen LogP contribution in [0.1, 0.15) is 35.8 Å². The van der Waals surface area contributed by atoms with Crippen LogP contribution in [0.3, 0.4) is 0 Å². The van der Waals surface area contributed by atoms with E-state index in [9.17, 15) is 0 Å². The third kappa shape index (κ3) is 1.47. The summed E-state index contributed by atoms with van der Waals surface area (Å²) in [6.45, 7) is 4.80. The first-order valence-electron chi connectivity index (χ1n) is 4.66. The Morgan fingerprint density at radius 2 is 2.15 bits per heavy atom. The fourth-order valence-corrected chi connectivity index (χ4v) is 1.81. The fourth-order valence-electron chi connectivity index (χ4n) is 1.81. The molecular formula is C11H15NO. The molecule has 0 saturated carbocycles. The highest BCUT2D eigenvalue weighted by Gasteiger charge is 2.22. The van der Waals surface area contributed by atoms with Crippen molar-refractivity contribution in [3.63, 3.8) is 0 Å². The summed E-state index contributed by atoms with van der Waals surface area (Å²) in [6, 6.07) is 6.44. The molecule has 1 heterocycles. The quantitative estimate of drug-likeness (QED) is 0.658. The van der Waals surface area contributed by atoms with Gasteiger partial charge in [0.25, 0.3) is 0 Å². The molecule has 2 heteroatoms. The summed E-state index contributed by atoms with van der Waals surface area (Å²) in [4.78, 5) is 0. The minimum absolute atomic E-state index is 0.0480. The largest absolute Gasteiger partial charge is 0.372 e. The summed E-state index contributed by atoms with van der Waals surface area (Å²) in [5.74, 6) is 0. The summed E-state index contributed by atoms with van der Waals surface area (Å²) in [7, 11) is 0. The van der Waals surface area contributed by atoms with E-state index < -0.39 is 0 Å². The standard InChI is InChI=1S/C11H15NO/c1-7-3-4-9-10(5-7)8(2)13-6-11(9)12/h3-5,8,11H,6,12H2,1-2H3/t8-,11?/m1/s1. The lowest BCUT2D eigenvalue weighted by atomic mass is 9.94. The van der Waals surface area contributed by atoms with Crippen molar-refractivity contribution in [3.05, 3.63) is 34.9 Å². The summed E-state index contributed by atoms with van der Waals surface area (Å²) in [6.07, 6.45) is 0.190. The third-order valence-corrected chi connectivity index (χ3v) is 2.61. The van der Waals surface area contributed by atoms with Crippen LogP contribution in [0.2, 0.25) is 0 Å². The van der Waals surface area contributed by atoms with Crippen LogP contribution in [0.25, 0.3) is 0 Å². The van der Waals surface area contributed by atoms with Crippen LogP contribution in [-0.4, -0.2) is 6.61 Å². The van der Waals surface area contributed by atoms with Crippen molar-refractivity contribution in [2.24, 2.45) is 5.73 Å². The lowest BCUT2D eigenvalue weighted by Gasteiger charge is -2.28. The van der Waals surface area contributed by atoms with E-state index in [-0.39, 0.29) is 12.1 Å². The topological polar surface area (TPSA) is 35.2 Å². The Hall–Kier alpha value is -0.860. The minimum Gasteiger partial charge on any atom is -0.372 e. The smallest absolute Gasteiger partial charge is 0.0801 e. The number of fused-ring (bicyclic) bond motifs is 1. The molecule has 13 heavy (non-hydrogen) atoms. The van der Waals surface area contributed by atoms with E-state index in [1.165, 1.54) is 16.7 Å². The normalized spacial score (nSPS) is 27.0. The minimum atomic E-state index is 0.0480. The monoisotopic (exact) mass is 177 g/mol. The number of hydrogen-bond donors (Lipinski definition) is 1. The molecule has 0 aliphatic carbocycles. The van der Waals surface area contributed by atoms with Crippen molar-refractivity contribution in [1.82, 2.24) is 0 Å². The molecule has 2 atom stereocenters. The average molecular weight is 177 g/mol. The van der Waals surface area contributed by atoms with E-state index in [1.807, 2.05) is 0 Å². The number of nitrogens with two attached hydrogens (primary N) is 1. The van der Waals surface area contributed by atoms with Crippen LogP contribution in [-0.2, 0) is 4.74 Å². The van der Waals surface area contributed by atoms with Crippen molar-refractivity contribution in [3.8, 4) is 0 Å². The van der Waals surface area contributed by atoms with Gasteiger partial charge in [-0.05, 0) is 25.0 Å². The molecule has 2 rings (SSSR count). The summed E-state index contributed by atoms with van der Waals surface area (Å²) >= 11 is 0. The number of hydrogen-bond acceptors (Lipinski definition) is 2. The first-order valence-corrected chi connectivity index (χ1v) is 4.66. The van der Waals surface area contributed by atoms with Crippen LogP contribution in [0.4, 0.5) is 0 Å². The molecule has 2 N–H and O–H groups in total. The van der Waals surface area contributed by atoms with Gasteiger partial charge in [0.05, 0.1) is 18.8 Å². The predicted molar refractivity (Wildman–Crippen MR) is 52.5 cm³/mol. The number of ether oxygens (including phenoxy) is 1. The predicted octanol–water partition coefficient (Wildman–Crippen LogP) is 2.09. The van der Waals surface area contributed by atoms with Gasteiger partial charge >= 0.3 is 0 Å². The summed E-state index contributed by atoms with van der Waals surface area (Å²) in [5, 5.41) is 0. The van der Waals surface area contributed by atoms with Crippen molar-refractivity contribution in [2.75, 3.05) is 6.61 Å². The second-order valence-corrected chi connectivity index (χ2v) is 3.71. The molecule has 1 aliphatic heterocycles. The van der Waals surface area contributed by atoms with E-state index in [0.717, 1.165) is 0 Å². The number of benzene rings is 1. The van der Waals surface area contributed by atoms with E-state index in [1.54, 1.807) is 0 Å². The molecule has 2 nitrogen and oxygen atoms in total. The second kappa shape index (κ2) is 3.13. The highest BCUT2D eigenvalue weighted by atomic mass is 16.5. The molecule has 1 aromatic rings. The zero-order valence-electron chi connectivity index (χ0n) is 8.08. The van der Waals surface area contributed by atoms with Gasteiger partial charge < -0.3 is 10.5 Å². The highest BCUT2D eigenvalue weighted by molar-refractivity contribution is 5.36. The Bertz CT molecular complexity index is 322. The second-order valence-electron chi connectivity index (χ2n) is 3.71. The van der Waals surface area contributed by atoms with Crippen LogP contribution >= 0.6 is 0 Å². The molecule has 0 bridgehead atoms. The number of rotatable bonds is 0. The molecule has 1 aliphatic rings. The Kier molecular flexibility index (Phi) is 2.10. The fraction of sp³-hybridized carbons (Fsp3) is 0.455. The van der Waals surface area contributed by atoms with E-state index in [0.29, 0.717) is 6.61 Å². The molecule has 70 valence electrons. The van der Waals surface area contributed by atoms with Gasteiger partial charge in [0, 0.05) is 0 Å². The molecule has 1 unspecified atom stereocenters. The van der Waals surface area contributed by atoms with Crippen molar-refractivity contribution < 1.29 is 4.74 Å². The van der Waals surface area contributed by atoms with Gasteiger partial charge in [-0.15, -0.1) is 0 Å². The van der Waals surface area contributed by atoms with Gasteiger partial charge in [0.1, 0.15) is 0 Å². The molecule has 1 aromatic carbocycles. The van der Waals surface area contributed by atoms with Gasteiger partial charge in [-0.3, -0.25) is 0 Å². The lowest BCUT2D eigenvalue weighted by molar-refractivity contribution is 0.0407. The molecular weight excluding hydrogens is 162 g/mol. The van der Waals surface area contributed by atoms with Crippen LogP contribution in [0, 0.1) is 6.92 Å². The first kappa shape index (κ1) is 8.73. The Morgan fingerprint density at radius 3 is 2.92 bits per heavy atom. The third-order valence-electron chi connectivity index (χ3n) is 2.61. The van der Waals surface area contributed by atoms with Crippen molar-refractivity contribution in [2.45, 2.75) is 26.0 Å². The molecule has 0 fully saturated rings. The molecule has 0 spiro atoms. The molecule has 0 amide bonds. The summed E-state index contributed by atoms with van der Waals surface area (Å²) < 4.78 is 5.55. The maximum atomic E-state index is 5.93. The molecule has 0 radical (unpaired) electrons. The maximum Gasteiger partial charge on any atom is 0.0801 e. The van der Waals surface area contributed by atoms with Gasteiger partial charge in [-0.2, -0.15) is 0 Å². The van der Waals surface area contributed by atoms with Gasteiger partial charge in [-0.1, -0.05) is 23.8 Å².